The predicted molar refractivity (Wildman–Crippen MR) is 124 cm³/mol. The molecule has 0 saturated carbocycles. The molecule has 31 heavy (non-hydrogen) atoms. The van der Waals surface area contributed by atoms with Crippen molar-refractivity contribution in [1.29, 1.82) is 0 Å². The van der Waals surface area contributed by atoms with Crippen molar-refractivity contribution in [1.82, 2.24) is 14.8 Å². The zero-order chi connectivity index (χ0) is 22.4. The normalized spacial score (nSPS) is 12.3. The lowest BCUT2D eigenvalue weighted by Crippen LogP contribution is -2.17. The summed E-state index contributed by atoms with van der Waals surface area (Å²) in [6.07, 6.45) is 1.78. The number of hydrogen-bond acceptors (Lipinski definition) is 4. The second kappa shape index (κ2) is 7.50. The Morgan fingerprint density at radius 3 is 2.23 bits per heavy atom. The number of hydrogen-bond donors (Lipinski definition) is 1. The summed E-state index contributed by atoms with van der Waals surface area (Å²) in [5.41, 5.74) is 2.75. The third-order valence-corrected chi connectivity index (χ3v) is 6.65. The van der Waals surface area contributed by atoms with Crippen LogP contribution in [0, 0.1) is 13.8 Å². The van der Waals surface area contributed by atoms with E-state index in [0.29, 0.717) is 17.3 Å². The summed E-state index contributed by atoms with van der Waals surface area (Å²) in [6, 6.07) is 16.6. The molecular formula is C24H26N4O2S. The molecule has 4 rings (SSSR count). The van der Waals surface area contributed by atoms with E-state index in [-0.39, 0.29) is 10.3 Å². The minimum absolute atomic E-state index is 0.0520. The van der Waals surface area contributed by atoms with Crippen LogP contribution in [0.3, 0.4) is 0 Å². The van der Waals surface area contributed by atoms with Crippen LogP contribution >= 0.6 is 0 Å². The maximum absolute atomic E-state index is 13.1. The Balaban J connectivity index is 1.76. The van der Waals surface area contributed by atoms with Crippen molar-refractivity contribution in [3.63, 3.8) is 0 Å². The van der Waals surface area contributed by atoms with Crippen LogP contribution < -0.4 is 4.72 Å². The molecule has 0 spiro atoms. The number of aromatic nitrogens is 3. The monoisotopic (exact) mass is 434 g/mol. The van der Waals surface area contributed by atoms with E-state index in [0.717, 1.165) is 21.9 Å². The summed E-state index contributed by atoms with van der Waals surface area (Å²) in [5.74, 6) is 0.925. The lowest BCUT2D eigenvalue weighted by molar-refractivity contribution is 0.587. The second-order valence-corrected chi connectivity index (χ2v) is 10.5. The number of rotatable bonds is 4. The van der Waals surface area contributed by atoms with Crippen LogP contribution in [-0.4, -0.2) is 23.2 Å². The zero-order valence-corrected chi connectivity index (χ0v) is 19.2. The van der Waals surface area contributed by atoms with Crippen LogP contribution in [0.5, 0.6) is 0 Å². The molecule has 0 fully saturated rings. The minimum atomic E-state index is -3.79. The standard InChI is InChI=1S/C24H26N4O2S/c1-16-15-25-23(21-9-7-6-8-20(16)21)28-22(14-17(2)26-28)27-31(29,30)19-12-10-18(11-13-19)24(3,4)5/h6-15,27H,1-5H3. The summed E-state index contributed by atoms with van der Waals surface area (Å²) in [7, 11) is -3.79. The zero-order valence-electron chi connectivity index (χ0n) is 18.3. The highest BCUT2D eigenvalue weighted by Crippen LogP contribution is 2.28. The van der Waals surface area contributed by atoms with Gasteiger partial charge in [-0.2, -0.15) is 9.78 Å². The number of sulfonamides is 1. The summed E-state index contributed by atoms with van der Waals surface area (Å²) >= 11 is 0. The highest BCUT2D eigenvalue weighted by atomic mass is 32.2. The van der Waals surface area contributed by atoms with Gasteiger partial charge in [-0.3, -0.25) is 4.72 Å². The molecule has 2 aromatic heterocycles. The molecule has 0 aliphatic carbocycles. The van der Waals surface area contributed by atoms with E-state index in [9.17, 15) is 8.42 Å². The predicted octanol–water partition coefficient (Wildman–Crippen LogP) is 5.14. The molecular weight excluding hydrogens is 408 g/mol. The first-order valence-corrected chi connectivity index (χ1v) is 11.6. The van der Waals surface area contributed by atoms with E-state index in [4.69, 9.17) is 0 Å². The molecule has 0 aliphatic heterocycles. The van der Waals surface area contributed by atoms with Gasteiger partial charge >= 0.3 is 0 Å². The van der Waals surface area contributed by atoms with E-state index in [1.54, 1.807) is 29.1 Å². The van der Waals surface area contributed by atoms with Crippen molar-refractivity contribution in [2.24, 2.45) is 0 Å². The van der Waals surface area contributed by atoms with Gasteiger partial charge in [0.15, 0.2) is 5.82 Å². The van der Waals surface area contributed by atoms with Crippen LogP contribution in [0.25, 0.3) is 16.6 Å². The van der Waals surface area contributed by atoms with Crippen molar-refractivity contribution in [3.8, 4) is 5.82 Å². The fraction of sp³-hybridized carbons (Fsp3) is 0.250. The maximum Gasteiger partial charge on any atom is 0.263 e. The van der Waals surface area contributed by atoms with Gasteiger partial charge in [0.1, 0.15) is 5.82 Å². The number of anilines is 1. The first-order valence-electron chi connectivity index (χ1n) is 10.1. The van der Waals surface area contributed by atoms with Crippen LogP contribution in [-0.2, 0) is 15.4 Å². The van der Waals surface area contributed by atoms with E-state index in [1.165, 1.54) is 0 Å². The number of benzene rings is 2. The molecule has 2 aromatic carbocycles. The molecule has 0 unspecified atom stereocenters. The second-order valence-electron chi connectivity index (χ2n) is 8.77. The third kappa shape index (κ3) is 4.05. The van der Waals surface area contributed by atoms with E-state index >= 15 is 0 Å². The fourth-order valence-electron chi connectivity index (χ4n) is 3.55. The van der Waals surface area contributed by atoms with Gasteiger partial charge in [-0.1, -0.05) is 57.2 Å². The fourth-order valence-corrected chi connectivity index (χ4v) is 4.59. The summed E-state index contributed by atoms with van der Waals surface area (Å²) in [6.45, 7) is 10.1. The van der Waals surface area contributed by atoms with Crippen LogP contribution in [0.2, 0.25) is 0 Å². The van der Waals surface area contributed by atoms with Crippen molar-refractivity contribution in [3.05, 3.63) is 77.6 Å². The molecule has 6 nitrogen and oxygen atoms in total. The molecule has 0 bridgehead atoms. The number of fused-ring (bicyclic) bond motifs is 1. The highest BCUT2D eigenvalue weighted by molar-refractivity contribution is 7.92. The number of nitrogens with zero attached hydrogens (tertiary/aromatic N) is 3. The Kier molecular flexibility index (Phi) is 5.09. The summed E-state index contributed by atoms with van der Waals surface area (Å²) in [4.78, 5) is 4.76. The van der Waals surface area contributed by atoms with Gasteiger partial charge in [-0.25, -0.2) is 13.4 Å². The maximum atomic E-state index is 13.1. The summed E-state index contributed by atoms with van der Waals surface area (Å²) in [5, 5.41) is 6.46. The Morgan fingerprint density at radius 2 is 1.58 bits per heavy atom. The van der Waals surface area contributed by atoms with Crippen LogP contribution in [0.15, 0.2) is 65.7 Å². The number of nitrogens with one attached hydrogen (secondary N) is 1. The van der Waals surface area contributed by atoms with Crippen molar-refractivity contribution < 1.29 is 8.42 Å². The van der Waals surface area contributed by atoms with E-state index in [1.807, 2.05) is 50.2 Å². The quantitative estimate of drug-likeness (QED) is 0.483. The minimum Gasteiger partial charge on any atom is -0.263 e. The SMILES string of the molecule is Cc1cc(NS(=O)(=O)c2ccc(C(C)(C)C)cc2)n(-c2ncc(C)c3ccccc23)n1. The number of aryl methyl sites for hydroxylation is 2. The molecule has 0 atom stereocenters. The first kappa shape index (κ1) is 21.1. The van der Waals surface area contributed by atoms with Gasteiger partial charge in [0, 0.05) is 17.6 Å². The average Bonchev–Trinajstić information content (AvgIpc) is 3.07. The molecule has 0 radical (unpaired) electrons. The van der Waals surface area contributed by atoms with Gasteiger partial charge in [-0.15, -0.1) is 0 Å². The van der Waals surface area contributed by atoms with E-state index < -0.39 is 10.0 Å². The lowest BCUT2D eigenvalue weighted by Gasteiger charge is -2.19. The Labute approximate surface area is 183 Å². The lowest BCUT2D eigenvalue weighted by atomic mass is 9.87. The smallest absolute Gasteiger partial charge is 0.263 e. The van der Waals surface area contributed by atoms with Crippen molar-refractivity contribution in [2.75, 3.05) is 4.72 Å². The Hall–Kier alpha value is -3.19. The largest absolute Gasteiger partial charge is 0.263 e. The Bertz CT molecular complexity index is 1370. The van der Waals surface area contributed by atoms with Gasteiger partial charge in [0.05, 0.1) is 10.6 Å². The first-order chi connectivity index (χ1) is 14.6. The third-order valence-electron chi connectivity index (χ3n) is 5.28. The van der Waals surface area contributed by atoms with Gasteiger partial charge < -0.3 is 0 Å². The average molecular weight is 435 g/mol. The molecule has 4 aromatic rings. The molecule has 0 aliphatic rings. The molecule has 7 heteroatoms. The highest BCUT2D eigenvalue weighted by Gasteiger charge is 2.21. The molecule has 2 heterocycles. The molecule has 1 N–H and O–H groups in total. The molecule has 0 saturated heterocycles. The van der Waals surface area contributed by atoms with E-state index in [2.05, 4.69) is 35.6 Å². The molecule has 0 amide bonds. The van der Waals surface area contributed by atoms with Gasteiger partial charge in [-0.05, 0) is 47.9 Å². The van der Waals surface area contributed by atoms with Gasteiger partial charge in [0.2, 0.25) is 0 Å². The van der Waals surface area contributed by atoms with Crippen molar-refractivity contribution >= 4 is 26.6 Å². The van der Waals surface area contributed by atoms with Crippen molar-refractivity contribution in [2.45, 2.75) is 44.9 Å². The Morgan fingerprint density at radius 1 is 0.935 bits per heavy atom. The summed E-state index contributed by atoms with van der Waals surface area (Å²) < 4.78 is 30.4. The topological polar surface area (TPSA) is 76.9 Å². The number of pyridine rings is 1. The molecule has 160 valence electrons. The van der Waals surface area contributed by atoms with Gasteiger partial charge in [0.25, 0.3) is 10.0 Å². The van der Waals surface area contributed by atoms with Crippen LogP contribution in [0.1, 0.15) is 37.6 Å². The van der Waals surface area contributed by atoms with Crippen LogP contribution in [0.4, 0.5) is 5.82 Å².